The lowest BCUT2D eigenvalue weighted by molar-refractivity contribution is -0.0652. The van der Waals surface area contributed by atoms with Crippen LogP contribution in [0.3, 0.4) is 0 Å². The summed E-state index contributed by atoms with van der Waals surface area (Å²) < 4.78 is 5.77. The molecule has 1 atom stereocenters. The predicted octanol–water partition coefficient (Wildman–Crippen LogP) is 1.54. The average molecular weight is 157 g/mol. The maximum Gasteiger partial charge on any atom is 0.0723 e. The summed E-state index contributed by atoms with van der Waals surface area (Å²) in [6, 6.07) is 0. The van der Waals surface area contributed by atoms with E-state index in [0.29, 0.717) is 18.6 Å². The van der Waals surface area contributed by atoms with Gasteiger partial charge in [0.15, 0.2) is 0 Å². The largest absolute Gasteiger partial charge is 0.373 e. The minimum Gasteiger partial charge on any atom is -0.373 e. The summed E-state index contributed by atoms with van der Waals surface area (Å²) in [5.41, 5.74) is 5.58. The molecule has 66 valence electrons. The molecular weight excluding hydrogens is 138 g/mol. The van der Waals surface area contributed by atoms with Crippen molar-refractivity contribution in [3.05, 3.63) is 0 Å². The summed E-state index contributed by atoms with van der Waals surface area (Å²) >= 11 is 0. The highest BCUT2D eigenvalue weighted by molar-refractivity contribution is 4.73. The predicted molar refractivity (Wildman–Crippen MR) is 46.4 cm³/mol. The number of hydrogen-bond acceptors (Lipinski definition) is 2. The summed E-state index contributed by atoms with van der Waals surface area (Å²) in [5, 5.41) is 0. The Kier molecular flexibility index (Phi) is 3.34. The Morgan fingerprint density at radius 3 is 2.36 bits per heavy atom. The highest BCUT2D eigenvalue weighted by Gasteiger charge is 2.23. The van der Waals surface area contributed by atoms with Crippen LogP contribution in [0.25, 0.3) is 0 Å². The van der Waals surface area contributed by atoms with Gasteiger partial charge in [0.2, 0.25) is 0 Å². The molecule has 0 heterocycles. The molecule has 1 fully saturated rings. The van der Waals surface area contributed by atoms with Crippen LogP contribution >= 0.6 is 0 Å². The van der Waals surface area contributed by atoms with E-state index in [1.165, 1.54) is 19.3 Å². The molecule has 11 heavy (non-hydrogen) atoms. The Balaban J connectivity index is 2.19. The lowest BCUT2D eigenvalue weighted by Crippen LogP contribution is -2.35. The topological polar surface area (TPSA) is 35.2 Å². The zero-order valence-corrected chi connectivity index (χ0v) is 7.55. The van der Waals surface area contributed by atoms with Crippen molar-refractivity contribution in [2.45, 2.75) is 45.3 Å². The summed E-state index contributed by atoms with van der Waals surface area (Å²) in [5.74, 6) is 0.556. The van der Waals surface area contributed by atoms with E-state index in [-0.39, 0.29) is 6.10 Å². The molecule has 1 saturated carbocycles. The standard InChI is InChI=1S/C9H19NO/c1-7(2)9(6-10)11-8-4-3-5-8/h7-9H,3-6,10H2,1-2H3. The average Bonchev–Trinajstić information content (AvgIpc) is 1.85. The Bertz CT molecular complexity index is 110. The van der Waals surface area contributed by atoms with Crippen LogP contribution in [-0.4, -0.2) is 18.8 Å². The quantitative estimate of drug-likeness (QED) is 0.672. The highest BCUT2D eigenvalue weighted by Crippen LogP contribution is 2.24. The molecule has 1 aliphatic carbocycles. The Hall–Kier alpha value is -0.0800. The molecule has 0 saturated heterocycles. The van der Waals surface area contributed by atoms with Crippen molar-refractivity contribution in [3.8, 4) is 0 Å². The fourth-order valence-electron chi connectivity index (χ4n) is 1.24. The molecule has 0 aromatic rings. The zero-order chi connectivity index (χ0) is 8.27. The number of ether oxygens (including phenoxy) is 1. The maximum atomic E-state index is 5.77. The third-order valence-corrected chi connectivity index (χ3v) is 2.40. The number of hydrogen-bond donors (Lipinski definition) is 1. The molecule has 0 aromatic heterocycles. The van der Waals surface area contributed by atoms with Crippen molar-refractivity contribution < 1.29 is 4.74 Å². The lowest BCUT2D eigenvalue weighted by atomic mass is 9.95. The summed E-state index contributed by atoms with van der Waals surface area (Å²) in [7, 11) is 0. The van der Waals surface area contributed by atoms with Crippen molar-refractivity contribution in [1.29, 1.82) is 0 Å². The van der Waals surface area contributed by atoms with Crippen LogP contribution < -0.4 is 5.73 Å². The van der Waals surface area contributed by atoms with Gasteiger partial charge in [0.05, 0.1) is 12.2 Å². The third kappa shape index (κ3) is 2.46. The minimum absolute atomic E-state index is 0.278. The van der Waals surface area contributed by atoms with Crippen LogP contribution in [0.15, 0.2) is 0 Å². The van der Waals surface area contributed by atoms with E-state index in [2.05, 4.69) is 13.8 Å². The van der Waals surface area contributed by atoms with Gasteiger partial charge in [0.1, 0.15) is 0 Å². The van der Waals surface area contributed by atoms with E-state index in [4.69, 9.17) is 10.5 Å². The number of nitrogens with two attached hydrogens (primary N) is 1. The molecule has 0 spiro atoms. The summed E-state index contributed by atoms with van der Waals surface area (Å²) in [6.07, 6.45) is 4.61. The van der Waals surface area contributed by atoms with Crippen LogP contribution in [0, 0.1) is 5.92 Å². The second kappa shape index (κ2) is 4.07. The van der Waals surface area contributed by atoms with Gasteiger partial charge >= 0.3 is 0 Å². The lowest BCUT2D eigenvalue weighted by Gasteiger charge is -2.31. The van der Waals surface area contributed by atoms with Gasteiger partial charge in [-0.05, 0) is 25.2 Å². The van der Waals surface area contributed by atoms with E-state index in [9.17, 15) is 0 Å². The van der Waals surface area contributed by atoms with Gasteiger partial charge < -0.3 is 10.5 Å². The monoisotopic (exact) mass is 157 g/mol. The van der Waals surface area contributed by atoms with Crippen LogP contribution in [0.5, 0.6) is 0 Å². The molecule has 1 unspecified atom stereocenters. The van der Waals surface area contributed by atoms with Crippen LogP contribution in [-0.2, 0) is 4.74 Å². The second-order valence-corrected chi connectivity index (χ2v) is 3.71. The fraction of sp³-hybridized carbons (Fsp3) is 1.00. The first-order chi connectivity index (χ1) is 5.24. The van der Waals surface area contributed by atoms with Crippen LogP contribution in [0.1, 0.15) is 33.1 Å². The molecule has 0 amide bonds. The van der Waals surface area contributed by atoms with Crippen molar-refractivity contribution in [3.63, 3.8) is 0 Å². The van der Waals surface area contributed by atoms with Crippen molar-refractivity contribution in [1.82, 2.24) is 0 Å². The maximum absolute atomic E-state index is 5.77. The van der Waals surface area contributed by atoms with Crippen molar-refractivity contribution >= 4 is 0 Å². The van der Waals surface area contributed by atoms with Gasteiger partial charge in [-0.25, -0.2) is 0 Å². The summed E-state index contributed by atoms with van der Waals surface area (Å²) in [6.45, 7) is 4.99. The third-order valence-electron chi connectivity index (χ3n) is 2.40. The Morgan fingerprint density at radius 2 is 2.09 bits per heavy atom. The highest BCUT2D eigenvalue weighted by atomic mass is 16.5. The van der Waals surface area contributed by atoms with Crippen molar-refractivity contribution in [2.24, 2.45) is 11.7 Å². The smallest absolute Gasteiger partial charge is 0.0723 e. The molecule has 0 aromatic carbocycles. The van der Waals surface area contributed by atoms with Crippen molar-refractivity contribution in [2.75, 3.05) is 6.54 Å². The molecule has 2 heteroatoms. The molecule has 0 radical (unpaired) electrons. The van der Waals surface area contributed by atoms with Gasteiger partial charge in [-0.2, -0.15) is 0 Å². The first-order valence-electron chi connectivity index (χ1n) is 4.59. The molecular formula is C9H19NO. The summed E-state index contributed by atoms with van der Waals surface area (Å²) in [4.78, 5) is 0. The van der Waals surface area contributed by atoms with Crippen LogP contribution in [0.2, 0.25) is 0 Å². The van der Waals surface area contributed by atoms with Gasteiger partial charge in [-0.3, -0.25) is 0 Å². The first kappa shape index (κ1) is 9.01. The second-order valence-electron chi connectivity index (χ2n) is 3.71. The van der Waals surface area contributed by atoms with Crippen LogP contribution in [0.4, 0.5) is 0 Å². The fourth-order valence-corrected chi connectivity index (χ4v) is 1.24. The van der Waals surface area contributed by atoms with E-state index in [1.807, 2.05) is 0 Å². The van der Waals surface area contributed by atoms with E-state index >= 15 is 0 Å². The first-order valence-corrected chi connectivity index (χ1v) is 4.59. The molecule has 2 N–H and O–H groups in total. The molecule has 1 rings (SSSR count). The zero-order valence-electron chi connectivity index (χ0n) is 7.55. The minimum atomic E-state index is 0.278. The Morgan fingerprint density at radius 1 is 1.45 bits per heavy atom. The van der Waals surface area contributed by atoms with Gasteiger partial charge in [-0.15, -0.1) is 0 Å². The van der Waals surface area contributed by atoms with E-state index in [1.54, 1.807) is 0 Å². The SMILES string of the molecule is CC(C)C(CN)OC1CCC1. The molecule has 1 aliphatic rings. The Labute approximate surface area is 69.1 Å². The molecule has 0 bridgehead atoms. The van der Waals surface area contributed by atoms with Gasteiger partial charge in [-0.1, -0.05) is 13.8 Å². The van der Waals surface area contributed by atoms with Gasteiger partial charge in [0, 0.05) is 6.54 Å². The van der Waals surface area contributed by atoms with E-state index < -0.39 is 0 Å². The molecule has 2 nitrogen and oxygen atoms in total. The van der Waals surface area contributed by atoms with E-state index in [0.717, 1.165) is 0 Å². The normalized spacial score (nSPS) is 21.8. The molecule has 0 aliphatic heterocycles. The van der Waals surface area contributed by atoms with Gasteiger partial charge in [0.25, 0.3) is 0 Å². The number of rotatable bonds is 4.